The van der Waals surface area contributed by atoms with Gasteiger partial charge in [-0.2, -0.15) is 0 Å². The molecule has 1 saturated heterocycles. The molecule has 1 heterocycles. The first-order valence-electron chi connectivity index (χ1n) is 6.89. The Morgan fingerprint density at radius 2 is 2.06 bits per heavy atom. The van der Waals surface area contributed by atoms with Gasteiger partial charge in [0.25, 0.3) is 0 Å². The molecular weight excluding hydrogens is 196 g/mol. The number of nitrogens with one attached hydrogen (secondary N) is 1. The molecule has 2 heteroatoms. The average Bonchev–Trinajstić information content (AvgIpc) is 2.30. The zero-order chi connectivity index (χ0) is 11.2. The highest BCUT2D eigenvalue weighted by Gasteiger charge is 2.17. The summed E-state index contributed by atoms with van der Waals surface area (Å²) in [5.41, 5.74) is 0. The van der Waals surface area contributed by atoms with E-state index in [1.807, 2.05) is 0 Å². The van der Waals surface area contributed by atoms with Crippen molar-refractivity contribution in [1.82, 2.24) is 10.2 Å². The zero-order valence-electron chi connectivity index (χ0n) is 10.6. The monoisotopic (exact) mass is 222 g/mol. The number of likely N-dealkylation sites (tertiary alicyclic amines) is 1. The van der Waals surface area contributed by atoms with Gasteiger partial charge >= 0.3 is 0 Å². The molecule has 1 fully saturated rings. The predicted octanol–water partition coefficient (Wildman–Crippen LogP) is 2.27. The summed E-state index contributed by atoms with van der Waals surface area (Å²) in [7, 11) is 2.25. The summed E-state index contributed by atoms with van der Waals surface area (Å²) in [5, 5.41) is 3.68. The molecule has 16 heavy (non-hydrogen) atoms. The number of allylic oxidation sites excluding steroid dienone is 2. The maximum absolute atomic E-state index is 3.68. The van der Waals surface area contributed by atoms with Crippen LogP contribution in [0.1, 0.15) is 32.1 Å². The van der Waals surface area contributed by atoms with Crippen molar-refractivity contribution in [2.24, 2.45) is 11.8 Å². The molecule has 2 rings (SSSR count). The fraction of sp³-hybridized carbons (Fsp3) is 0.857. The minimum Gasteiger partial charge on any atom is -0.316 e. The van der Waals surface area contributed by atoms with Crippen LogP contribution in [0, 0.1) is 11.8 Å². The van der Waals surface area contributed by atoms with E-state index in [1.54, 1.807) is 0 Å². The molecule has 0 aromatic heterocycles. The van der Waals surface area contributed by atoms with E-state index < -0.39 is 0 Å². The summed E-state index contributed by atoms with van der Waals surface area (Å²) in [6.07, 6.45) is 11.4. The van der Waals surface area contributed by atoms with Gasteiger partial charge in [0.2, 0.25) is 0 Å². The third kappa shape index (κ3) is 3.91. The van der Waals surface area contributed by atoms with E-state index in [0.29, 0.717) is 0 Å². The highest BCUT2D eigenvalue weighted by atomic mass is 15.1. The van der Waals surface area contributed by atoms with Crippen LogP contribution in [0.2, 0.25) is 0 Å². The topological polar surface area (TPSA) is 15.3 Å². The highest BCUT2D eigenvalue weighted by Crippen LogP contribution is 2.18. The first kappa shape index (κ1) is 12.1. The third-order valence-electron chi connectivity index (χ3n) is 3.97. The molecular formula is C14H26N2. The minimum absolute atomic E-state index is 0.887. The minimum atomic E-state index is 0.887. The highest BCUT2D eigenvalue weighted by molar-refractivity contribution is 4.90. The van der Waals surface area contributed by atoms with E-state index in [0.717, 1.165) is 11.8 Å². The lowest BCUT2D eigenvalue weighted by molar-refractivity contribution is 0.204. The van der Waals surface area contributed by atoms with Gasteiger partial charge in [0.05, 0.1) is 0 Å². The van der Waals surface area contributed by atoms with Gasteiger partial charge in [-0.15, -0.1) is 0 Å². The van der Waals surface area contributed by atoms with E-state index >= 15 is 0 Å². The maximum Gasteiger partial charge on any atom is 0.00187 e. The Bertz CT molecular complexity index is 225. The Morgan fingerprint density at radius 1 is 1.19 bits per heavy atom. The van der Waals surface area contributed by atoms with Crippen LogP contribution in [-0.4, -0.2) is 38.1 Å². The van der Waals surface area contributed by atoms with Gasteiger partial charge < -0.3 is 10.2 Å². The number of piperidine rings is 1. The third-order valence-corrected chi connectivity index (χ3v) is 3.97. The van der Waals surface area contributed by atoms with E-state index in [9.17, 15) is 0 Å². The van der Waals surface area contributed by atoms with Crippen LogP contribution in [0.5, 0.6) is 0 Å². The second kappa shape index (κ2) is 6.41. The summed E-state index contributed by atoms with van der Waals surface area (Å²) in [6, 6.07) is 0. The number of rotatable bonds is 4. The van der Waals surface area contributed by atoms with Gasteiger partial charge in [0, 0.05) is 6.54 Å². The molecule has 0 spiro atoms. The van der Waals surface area contributed by atoms with Gasteiger partial charge in [-0.25, -0.2) is 0 Å². The van der Waals surface area contributed by atoms with Crippen LogP contribution < -0.4 is 5.32 Å². The van der Waals surface area contributed by atoms with Crippen molar-refractivity contribution in [3.8, 4) is 0 Å². The molecule has 92 valence electrons. The summed E-state index contributed by atoms with van der Waals surface area (Å²) < 4.78 is 0. The Morgan fingerprint density at radius 3 is 2.81 bits per heavy atom. The molecule has 0 aromatic rings. The maximum atomic E-state index is 3.68. The van der Waals surface area contributed by atoms with Gasteiger partial charge in [-0.3, -0.25) is 0 Å². The number of hydrogen-bond acceptors (Lipinski definition) is 2. The fourth-order valence-corrected chi connectivity index (χ4v) is 2.97. The largest absolute Gasteiger partial charge is 0.316 e. The van der Waals surface area contributed by atoms with Crippen molar-refractivity contribution < 1.29 is 0 Å². The van der Waals surface area contributed by atoms with Gasteiger partial charge in [-0.05, 0) is 70.6 Å². The molecule has 1 aliphatic carbocycles. The summed E-state index contributed by atoms with van der Waals surface area (Å²) in [5.74, 6) is 1.78. The summed E-state index contributed by atoms with van der Waals surface area (Å²) in [4.78, 5) is 2.47. The van der Waals surface area contributed by atoms with Gasteiger partial charge in [-0.1, -0.05) is 12.2 Å². The zero-order valence-corrected chi connectivity index (χ0v) is 10.6. The van der Waals surface area contributed by atoms with E-state index in [4.69, 9.17) is 0 Å². The molecule has 1 aliphatic heterocycles. The van der Waals surface area contributed by atoms with Crippen LogP contribution in [-0.2, 0) is 0 Å². The normalized spacial score (nSPS) is 31.8. The molecule has 0 bridgehead atoms. The standard InChI is InChI=1S/C14H26N2/c1-16-9-5-8-14(12-16)11-15-10-13-6-3-2-4-7-13/h2-3,13-15H,4-12H2,1H3. The quantitative estimate of drug-likeness (QED) is 0.734. The second-order valence-corrected chi connectivity index (χ2v) is 5.58. The second-order valence-electron chi connectivity index (χ2n) is 5.58. The van der Waals surface area contributed by atoms with Crippen molar-refractivity contribution in [3.63, 3.8) is 0 Å². The van der Waals surface area contributed by atoms with Crippen molar-refractivity contribution in [1.29, 1.82) is 0 Å². The molecule has 0 saturated carbocycles. The molecule has 2 unspecified atom stereocenters. The van der Waals surface area contributed by atoms with E-state index in [-0.39, 0.29) is 0 Å². The van der Waals surface area contributed by atoms with E-state index in [2.05, 4.69) is 29.4 Å². The predicted molar refractivity (Wildman–Crippen MR) is 69.6 cm³/mol. The van der Waals surface area contributed by atoms with E-state index in [1.165, 1.54) is 58.3 Å². The molecule has 0 radical (unpaired) electrons. The first-order chi connectivity index (χ1) is 7.84. The van der Waals surface area contributed by atoms with Gasteiger partial charge in [0.1, 0.15) is 0 Å². The van der Waals surface area contributed by atoms with Crippen molar-refractivity contribution in [2.75, 3.05) is 33.2 Å². The smallest absolute Gasteiger partial charge is 0.00187 e. The van der Waals surface area contributed by atoms with Crippen LogP contribution >= 0.6 is 0 Å². The first-order valence-corrected chi connectivity index (χ1v) is 6.89. The Hall–Kier alpha value is -0.340. The SMILES string of the molecule is CN1CCCC(CNCC2CC=CCC2)C1. The fourth-order valence-electron chi connectivity index (χ4n) is 2.97. The van der Waals surface area contributed by atoms with Crippen LogP contribution in [0.4, 0.5) is 0 Å². The average molecular weight is 222 g/mol. The molecule has 2 aliphatic rings. The lowest BCUT2D eigenvalue weighted by Crippen LogP contribution is -2.38. The lowest BCUT2D eigenvalue weighted by Gasteiger charge is -2.30. The number of nitrogens with zero attached hydrogens (tertiary/aromatic N) is 1. The number of hydrogen-bond donors (Lipinski definition) is 1. The van der Waals surface area contributed by atoms with Crippen LogP contribution in [0.15, 0.2) is 12.2 Å². The Balaban J connectivity index is 1.58. The molecule has 2 atom stereocenters. The van der Waals surface area contributed by atoms with Crippen LogP contribution in [0.25, 0.3) is 0 Å². The van der Waals surface area contributed by atoms with Crippen molar-refractivity contribution in [2.45, 2.75) is 32.1 Å². The Kier molecular flexibility index (Phi) is 4.86. The molecule has 1 N–H and O–H groups in total. The van der Waals surface area contributed by atoms with Crippen molar-refractivity contribution in [3.05, 3.63) is 12.2 Å². The summed E-state index contributed by atoms with van der Waals surface area (Å²) in [6.45, 7) is 5.04. The van der Waals surface area contributed by atoms with Gasteiger partial charge in [0.15, 0.2) is 0 Å². The summed E-state index contributed by atoms with van der Waals surface area (Å²) >= 11 is 0. The Labute approximate surface area is 100 Å². The van der Waals surface area contributed by atoms with Crippen LogP contribution in [0.3, 0.4) is 0 Å². The molecule has 0 amide bonds. The lowest BCUT2D eigenvalue weighted by atomic mass is 9.93. The van der Waals surface area contributed by atoms with Crippen molar-refractivity contribution >= 4 is 0 Å². The molecule has 0 aromatic carbocycles. The molecule has 2 nitrogen and oxygen atoms in total.